The first kappa shape index (κ1) is 17.7. The van der Waals surface area contributed by atoms with Crippen molar-refractivity contribution < 1.29 is 17.9 Å². The smallest absolute Gasteiger partial charge is 0.410 e. The van der Waals surface area contributed by atoms with Crippen LogP contribution >= 0.6 is 15.9 Å². The van der Waals surface area contributed by atoms with Gasteiger partial charge in [-0.05, 0) is 36.7 Å². The molecule has 2 aliphatic heterocycles. The zero-order valence-electron chi connectivity index (χ0n) is 14.1. The molecule has 1 amide bonds. The van der Waals surface area contributed by atoms with E-state index in [1.165, 1.54) is 15.1 Å². The highest BCUT2D eigenvalue weighted by atomic mass is 79.9. The Hall–Kier alpha value is -1.13. The molecule has 24 heavy (non-hydrogen) atoms. The van der Waals surface area contributed by atoms with Crippen molar-refractivity contribution in [2.24, 2.45) is 12.5 Å². The minimum atomic E-state index is -3.56. The van der Waals surface area contributed by atoms with Crippen molar-refractivity contribution in [2.75, 3.05) is 26.2 Å². The van der Waals surface area contributed by atoms with Gasteiger partial charge in [0.1, 0.15) is 10.2 Å². The topological polar surface area (TPSA) is 84.7 Å². The second-order valence-corrected chi connectivity index (χ2v) is 10.2. The second-order valence-electron chi connectivity index (χ2n) is 7.54. The monoisotopic (exact) mass is 420 g/mol. The van der Waals surface area contributed by atoms with E-state index in [0.29, 0.717) is 30.8 Å². The molecule has 0 bridgehead atoms. The molecule has 0 aliphatic carbocycles. The fraction of sp³-hybridized carbons (Fsp3) is 0.714. The molecule has 0 aromatic carbocycles. The lowest BCUT2D eigenvalue weighted by Crippen LogP contribution is -2.73. The first-order chi connectivity index (χ1) is 10.9. The molecular weight excluding hydrogens is 400 g/mol. The summed E-state index contributed by atoms with van der Waals surface area (Å²) in [7, 11) is -1.96. The number of ether oxygens (including phenoxy) is 1. The van der Waals surface area contributed by atoms with E-state index in [0.717, 1.165) is 0 Å². The first-order valence-electron chi connectivity index (χ1n) is 7.60. The van der Waals surface area contributed by atoms with E-state index in [9.17, 15) is 13.2 Å². The molecular formula is C14H21BrN4O4S. The summed E-state index contributed by atoms with van der Waals surface area (Å²) >= 11 is 3.19. The van der Waals surface area contributed by atoms with Gasteiger partial charge < -0.3 is 9.64 Å². The van der Waals surface area contributed by atoms with E-state index >= 15 is 0 Å². The van der Waals surface area contributed by atoms with Gasteiger partial charge in [0.15, 0.2) is 5.03 Å². The summed E-state index contributed by atoms with van der Waals surface area (Å²) in [5.74, 6) is 0. The lowest BCUT2D eigenvalue weighted by Gasteiger charge is -2.58. The van der Waals surface area contributed by atoms with Gasteiger partial charge in [-0.2, -0.15) is 9.40 Å². The standard InChI is InChI=1S/C14H21BrN4O4S/c1-13(2,3)23-12(20)18-6-14(7-18)8-19(9-14)24(21,22)11-5-10(15)16-17(11)4/h5H,6-9H2,1-4H3. The number of carbonyl (C=O) groups is 1. The van der Waals surface area contributed by atoms with Gasteiger partial charge in [-0.3, -0.25) is 4.68 Å². The predicted molar refractivity (Wildman–Crippen MR) is 89.9 cm³/mol. The molecule has 0 atom stereocenters. The van der Waals surface area contributed by atoms with Gasteiger partial charge in [-0.15, -0.1) is 0 Å². The molecule has 1 aromatic heterocycles. The van der Waals surface area contributed by atoms with Gasteiger partial charge in [0, 0.05) is 44.7 Å². The average molecular weight is 421 g/mol. The Kier molecular flexibility index (Phi) is 4.00. The second kappa shape index (κ2) is 5.43. The fourth-order valence-corrected chi connectivity index (χ4v) is 5.48. The van der Waals surface area contributed by atoms with Crippen LogP contribution in [0, 0.1) is 5.41 Å². The van der Waals surface area contributed by atoms with Gasteiger partial charge in [0.2, 0.25) is 0 Å². The quantitative estimate of drug-likeness (QED) is 0.721. The molecule has 2 saturated heterocycles. The number of rotatable bonds is 2. The van der Waals surface area contributed by atoms with Crippen LogP contribution in [0.25, 0.3) is 0 Å². The van der Waals surface area contributed by atoms with E-state index in [-0.39, 0.29) is 16.5 Å². The number of amides is 1. The molecule has 8 nitrogen and oxygen atoms in total. The van der Waals surface area contributed by atoms with Crippen LogP contribution in [-0.4, -0.2) is 65.3 Å². The number of aromatic nitrogens is 2. The third-order valence-electron chi connectivity index (χ3n) is 4.14. The van der Waals surface area contributed by atoms with Crippen molar-refractivity contribution in [3.63, 3.8) is 0 Å². The number of hydrogen-bond acceptors (Lipinski definition) is 5. The van der Waals surface area contributed by atoms with Crippen molar-refractivity contribution in [3.05, 3.63) is 10.7 Å². The predicted octanol–water partition coefficient (Wildman–Crippen LogP) is 1.42. The number of likely N-dealkylation sites (tertiary alicyclic amines) is 1. The van der Waals surface area contributed by atoms with Crippen LogP contribution in [-0.2, 0) is 21.8 Å². The van der Waals surface area contributed by atoms with E-state index in [2.05, 4.69) is 21.0 Å². The normalized spacial score (nSPS) is 20.6. The van der Waals surface area contributed by atoms with Crippen LogP contribution in [0.15, 0.2) is 15.7 Å². The lowest BCUT2D eigenvalue weighted by molar-refractivity contribution is -0.0840. The Morgan fingerprint density at radius 2 is 1.88 bits per heavy atom. The molecule has 0 radical (unpaired) electrons. The van der Waals surface area contributed by atoms with E-state index in [1.807, 2.05) is 20.8 Å². The van der Waals surface area contributed by atoms with E-state index in [1.54, 1.807) is 11.9 Å². The van der Waals surface area contributed by atoms with Crippen LogP contribution in [0.3, 0.4) is 0 Å². The number of hydrogen-bond donors (Lipinski definition) is 0. The summed E-state index contributed by atoms with van der Waals surface area (Å²) in [6, 6.07) is 1.49. The van der Waals surface area contributed by atoms with E-state index in [4.69, 9.17) is 4.74 Å². The third-order valence-corrected chi connectivity index (χ3v) is 6.38. The number of aryl methyl sites for hydroxylation is 1. The lowest BCUT2D eigenvalue weighted by atomic mass is 9.75. The van der Waals surface area contributed by atoms with Gasteiger partial charge >= 0.3 is 6.09 Å². The van der Waals surface area contributed by atoms with Crippen molar-refractivity contribution in [2.45, 2.75) is 31.4 Å². The fourth-order valence-electron chi connectivity index (χ4n) is 3.08. The minimum absolute atomic E-state index is 0.139. The zero-order valence-corrected chi connectivity index (χ0v) is 16.5. The molecule has 3 heterocycles. The Bertz CT molecular complexity index is 769. The van der Waals surface area contributed by atoms with Crippen molar-refractivity contribution in [1.29, 1.82) is 0 Å². The molecule has 2 fully saturated rings. The maximum absolute atomic E-state index is 12.6. The molecule has 2 aliphatic rings. The maximum atomic E-state index is 12.6. The van der Waals surface area contributed by atoms with Crippen molar-refractivity contribution in [1.82, 2.24) is 19.0 Å². The summed E-state index contributed by atoms with van der Waals surface area (Å²) in [5.41, 5.74) is -0.665. The number of sulfonamides is 1. The van der Waals surface area contributed by atoms with Crippen LogP contribution in [0.5, 0.6) is 0 Å². The molecule has 10 heteroatoms. The number of nitrogens with zero attached hydrogens (tertiary/aromatic N) is 4. The van der Waals surface area contributed by atoms with Gasteiger partial charge in [0.25, 0.3) is 10.0 Å². The molecule has 134 valence electrons. The molecule has 1 aromatic rings. The Labute approximate surface area is 149 Å². The summed E-state index contributed by atoms with van der Waals surface area (Å²) in [5, 5.41) is 4.18. The third kappa shape index (κ3) is 3.06. The number of carbonyl (C=O) groups excluding carboxylic acids is 1. The Balaban J connectivity index is 1.59. The zero-order chi connectivity index (χ0) is 17.9. The van der Waals surface area contributed by atoms with Crippen molar-refractivity contribution in [3.8, 4) is 0 Å². The Morgan fingerprint density at radius 1 is 1.29 bits per heavy atom. The molecule has 0 saturated carbocycles. The van der Waals surface area contributed by atoms with Crippen LogP contribution < -0.4 is 0 Å². The highest BCUT2D eigenvalue weighted by molar-refractivity contribution is 9.10. The summed E-state index contributed by atoms with van der Waals surface area (Å²) in [6.45, 7) is 7.36. The van der Waals surface area contributed by atoms with Gasteiger partial charge in [-0.25, -0.2) is 13.2 Å². The molecule has 3 rings (SSSR count). The number of halogens is 1. The van der Waals surface area contributed by atoms with Crippen LogP contribution in [0.1, 0.15) is 20.8 Å². The van der Waals surface area contributed by atoms with Gasteiger partial charge in [-0.1, -0.05) is 0 Å². The molecule has 0 unspecified atom stereocenters. The summed E-state index contributed by atoms with van der Waals surface area (Å²) < 4.78 is 33.8. The Morgan fingerprint density at radius 3 is 2.33 bits per heavy atom. The maximum Gasteiger partial charge on any atom is 0.410 e. The average Bonchev–Trinajstić information content (AvgIpc) is 2.62. The molecule has 1 spiro atoms. The highest BCUT2D eigenvalue weighted by Crippen LogP contribution is 2.42. The minimum Gasteiger partial charge on any atom is -0.444 e. The molecule has 0 N–H and O–H groups in total. The highest BCUT2D eigenvalue weighted by Gasteiger charge is 2.57. The van der Waals surface area contributed by atoms with Gasteiger partial charge in [0.05, 0.1) is 0 Å². The van der Waals surface area contributed by atoms with Crippen LogP contribution in [0.2, 0.25) is 0 Å². The van der Waals surface area contributed by atoms with E-state index < -0.39 is 15.6 Å². The summed E-state index contributed by atoms with van der Waals surface area (Å²) in [4.78, 5) is 13.6. The largest absolute Gasteiger partial charge is 0.444 e. The van der Waals surface area contributed by atoms with Crippen molar-refractivity contribution >= 4 is 32.0 Å². The summed E-state index contributed by atoms with van der Waals surface area (Å²) in [6.07, 6.45) is -0.343. The van der Waals surface area contributed by atoms with Crippen LogP contribution in [0.4, 0.5) is 4.79 Å². The first-order valence-corrected chi connectivity index (χ1v) is 9.83. The SMILES string of the molecule is Cn1nc(Br)cc1S(=O)(=O)N1CC2(CN(C(=O)OC(C)(C)C)C2)C1.